The van der Waals surface area contributed by atoms with Crippen molar-refractivity contribution in [3.63, 3.8) is 0 Å². The van der Waals surface area contributed by atoms with Gasteiger partial charge in [-0.05, 0) is 31.2 Å². The van der Waals surface area contributed by atoms with Gasteiger partial charge in [0.1, 0.15) is 0 Å². The molecule has 0 aliphatic heterocycles. The molecule has 0 aliphatic carbocycles. The van der Waals surface area contributed by atoms with Gasteiger partial charge < -0.3 is 14.8 Å². The van der Waals surface area contributed by atoms with E-state index >= 15 is 0 Å². The van der Waals surface area contributed by atoms with Gasteiger partial charge in [0.2, 0.25) is 0 Å². The lowest BCUT2D eigenvalue weighted by Gasteiger charge is -2.12. The molecule has 0 saturated carbocycles. The third-order valence-electron chi connectivity index (χ3n) is 1.84. The molecule has 0 saturated heterocycles. The normalized spacial score (nSPS) is 11.6. The van der Waals surface area contributed by atoms with Crippen molar-refractivity contribution >= 4 is 29.5 Å². The Morgan fingerprint density at radius 1 is 1.50 bits per heavy atom. The molecule has 5 heteroatoms. The highest BCUT2D eigenvalue weighted by atomic mass is 35.5. The van der Waals surface area contributed by atoms with Crippen LogP contribution in [0.25, 0.3) is 0 Å². The van der Waals surface area contributed by atoms with Gasteiger partial charge in [-0.3, -0.25) is 0 Å². The maximum absolute atomic E-state index is 11.3. The fraction of sp³-hybridized carbons (Fsp3) is 0.273. The summed E-state index contributed by atoms with van der Waals surface area (Å²) in [4.78, 5) is 22.0. The summed E-state index contributed by atoms with van der Waals surface area (Å²) in [6.45, 7) is 1.92. The van der Waals surface area contributed by atoms with Gasteiger partial charge in [0.15, 0.2) is 12.3 Å². The van der Waals surface area contributed by atoms with Crippen LogP contribution in [-0.4, -0.2) is 24.9 Å². The summed E-state index contributed by atoms with van der Waals surface area (Å²) < 4.78 is 4.73. The molecule has 4 nitrogen and oxygen atoms in total. The van der Waals surface area contributed by atoms with E-state index in [9.17, 15) is 9.59 Å². The molecule has 86 valence electrons. The third-order valence-corrected chi connectivity index (χ3v) is 2.09. The quantitative estimate of drug-likeness (QED) is 0.486. The molecule has 0 spiro atoms. The Morgan fingerprint density at radius 3 is 2.62 bits per heavy atom. The first-order chi connectivity index (χ1) is 7.67. The molecule has 0 bridgehead atoms. The van der Waals surface area contributed by atoms with Crippen molar-refractivity contribution < 1.29 is 14.3 Å². The molecule has 1 N–H and O–H groups in total. The van der Waals surface area contributed by atoms with Crippen molar-refractivity contribution in [3.8, 4) is 0 Å². The molecule has 0 fully saturated rings. The van der Waals surface area contributed by atoms with Crippen LogP contribution in [0.15, 0.2) is 24.3 Å². The van der Waals surface area contributed by atoms with Gasteiger partial charge in [-0.25, -0.2) is 4.79 Å². The Labute approximate surface area is 98.5 Å². The van der Waals surface area contributed by atoms with Gasteiger partial charge in [-0.1, -0.05) is 11.6 Å². The van der Waals surface area contributed by atoms with Crippen molar-refractivity contribution in [3.05, 3.63) is 29.3 Å². The zero-order valence-electron chi connectivity index (χ0n) is 8.77. The monoisotopic (exact) mass is 241 g/mol. The van der Waals surface area contributed by atoms with Gasteiger partial charge in [-0.2, -0.15) is 0 Å². The van der Waals surface area contributed by atoms with Gasteiger partial charge in [-0.15, -0.1) is 0 Å². The topological polar surface area (TPSA) is 55.4 Å². The van der Waals surface area contributed by atoms with Crippen molar-refractivity contribution in [2.24, 2.45) is 0 Å². The van der Waals surface area contributed by atoms with Crippen molar-refractivity contribution in [1.82, 2.24) is 0 Å². The maximum atomic E-state index is 11.3. The lowest BCUT2D eigenvalue weighted by Crippen LogP contribution is -2.32. The second kappa shape index (κ2) is 6.12. The number of hydrogen-bond donors (Lipinski definition) is 1. The minimum absolute atomic E-state index is 0.242. The van der Waals surface area contributed by atoms with Gasteiger partial charge in [0.25, 0.3) is 0 Å². The molecule has 0 heterocycles. The molecule has 1 rings (SSSR count). The predicted molar refractivity (Wildman–Crippen MR) is 61.6 cm³/mol. The third kappa shape index (κ3) is 3.55. The van der Waals surface area contributed by atoms with Gasteiger partial charge in [0, 0.05) is 10.7 Å². The van der Waals surface area contributed by atoms with Gasteiger partial charge >= 0.3 is 5.97 Å². The van der Waals surface area contributed by atoms with E-state index in [-0.39, 0.29) is 6.61 Å². The highest BCUT2D eigenvalue weighted by Gasteiger charge is 2.18. The van der Waals surface area contributed by atoms with Crippen LogP contribution in [0.3, 0.4) is 0 Å². The van der Waals surface area contributed by atoms with Crippen LogP contribution in [0.5, 0.6) is 0 Å². The summed E-state index contributed by atoms with van der Waals surface area (Å²) >= 11 is 5.71. The largest absolute Gasteiger partial charge is 0.464 e. The van der Waals surface area contributed by atoms with Gasteiger partial charge in [0.05, 0.1) is 6.61 Å². The maximum Gasteiger partial charge on any atom is 0.336 e. The number of halogens is 1. The summed E-state index contributed by atoms with van der Waals surface area (Å²) in [5.74, 6) is -0.590. The van der Waals surface area contributed by atoms with Crippen LogP contribution in [-0.2, 0) is 14.3 Å². The first-order valence-electron chi connectivity index (χ1n) is 4.81. The summed E-state index contributed by atoms with van der Waals surface area (Å²) in [5.41, 5.74) is 0.634. The number of benzene rings is 1. The zero-order chi connectivity index (χ0) is 12.0. The number of carbonyl (C=O) groups is 2. The fourth-order valence-corrected chi connectivity index (χ4v) is 1.23. The second-order valence-corrected chi connectivity index (χ2v) is 3.45. The molecule has 0 radical (unpaired) electrons. The minimum atomic E-state index is -0.985. The molecular weight excluding hydrogens is 230 g/mol. The zero-order valence-corrected chi connectivity index (χ0v) is 9.53. The molecule has 1 aromatic carbocycles. The number of carbonyl (C=O) groups excluding carboxylic acids is 2. The molecule has 1 atom stereocenters. The van der Waals surface area contributed by atoms with E-state index in [0.717, 1.165) is 0 Å². The summed E-state index contributed by atoms with van der Waals surface area (Å²) in [7, 11) is 0. The Balaban J connectivity index is 2.66. The Hall–Kier alpha value is -1.55. The molecule has 1 aromatic rings. The van der Waals surface area contributed by atoms with Crippen LogP contribution in [0.4, 0.5) is 5.69 Å². The van der Waals surface area contributed by atoms with E-state index in [2.05, 4.69) is 5.32 Å². The summed E-state index contributed by atoms with van der Waals surface area (Å²) in [6, 6.07) is 5.70. The number of hydrogen-bond acceptors (Lipinski definition) is 4. The number of nitrogens with one attached hydrogen (secondary N) is 1. The molecule has 0 amide bonds. The van der Waals surface area contributed by atoms with Crippen molar-refractivity contribution in [2.75, 3.05) is 11.9 Å². The van der Waals surface area contributed by atoms with Crippen LogP contribution < -0.4 is 5.32 Å². The predicted octanol–water partition coefficient (Wildman–Crippen LogP) is 1.88. The van der Waals surface area contributed by atoms with Crippen molar-refractivity contribution in [1.29, 1.82) is 0 Å². The van der Waals surface area contributed by atoms with Crippen LogP contribution >= 0.6 is 11.6 Å². The standard InChI is InChI=1S/C11H12ClNO3/c1-2-16-11(15)10(7-14)13-9-5-3-8(12)4-6-9/h3-7,10,13H,2H2,1H3. The van der Waals surface area contributed by atoms with E-state index in [1.54, 1.807) is 31.2 Å². The van der Waals surface area contributed by atoms with Crippen LogP contribution in [0.1, 0.15) is 6.92 Å². The fourth-order valence-electron chi connectivity index (χ4n) is 1.11. The van der Waals surface area contributed by atoms with Crippen LogP contribution in [0, 0.1) is 0 Å². The van der Waals surface area contributed by atoms with E-state index in [1.165, 1.54) is 0 Å². The Bertz CT molecular complexity index is 364. The highest BCUT2D eigenvalue weighted by molar-refractivity contribution is 6.30. The molecule has 1 unspecified atom stereocenters. The molecule has 16 heavy (non-hydrogen) atoms. The van der Waals surface area contributed by atoms with E-state index < -0.39 is 12.0 Å². The number of anilines is 1. The SMILES string of the molecule is CCOC(=O)C(C=O)Nc1ccc(Cl)cc1. The first-order valence-corrected chi connectivity index (χ1v) is 5.19. The average Bonchev–Trinajstić information content (AvgIpc) is 2.28. The highest BCUT2D eigenvalue weighted by Crippen LogP contribution is 2.14. The Morgan fingerprint density at radius 2 is 2.12 bits per heavy atom. The summed E-state index contributed by atoms with van der Waals surface area (Å²) in [6.07, 6.45) is 0.507. The molecule has 0 aliphatic rings. The number of ether oxygens (including phenoxy) is 1. The number of aldehydes is 1. The van der Waals surface area contributed by atoms with E-state index in [1.807, 2.05) is 0 Å². The van der Waals surface area contributed by atoms with E-state index in [0.29, 0.717) is 17.0 Å². The molecular formula is C11H12ClNO3. The van der Waals surface area contributed by atoms with Crippen LogP contribution in [0.2, 0.25) is 5.02 Å². The number of esters is 1. The Kier molecular flexibility index (Phi) is 4.79. The first kappa shape index (κ1) is 12.5. The second-order valence-electron chi connectivity index (χ2n) is 3.02. The minimum Gasteiger partial charge on any atom is -0.464 e. The summed E-state index contributed by atoms with van der Waals surface area (Å²) in [5, 5.41) is 3.33. The molecule has 0 aromatic heterocycles. The average molecular weight is 242 g/mol. The lowest BCUT2D eigenvalue weighted by atomic mass is 10.2. The number of rotatable bonds is 5. The smallest absolute Gasteiger partial charge is 0.336 e. The van der Waals surface area contributed by atoms with E-state index in [4.69, 9.17) is 16.3 Å². The lowest BCUT2D eigenvalue weighted by molar-refractivity contribution is -0.144. The van der Waals surface area contributed by atoms with Crippen molar-refractivity contribution in [2.45, 2.75) is 13.0 Å².